The molecule has 1 saturated heterocycles. The fraction of sp³-hybridized carbons (Fsp3) is 0.500. The largest absolute Gasteiger partial charge is 0.548 e. The molecule has 1 aromatic rings. The zero-order chi connectivity index (χ0) is 16.0. The molecule has 2 unspecified atom stereocenters. The summed E-state index contributed by atoms with van der Waals surface area (Å²) < 4.78 is -0.200. The van der Waals surface area contributed by atoms with E-state index < -0.39 is 17.6 Å². The number of carboxylic acids is 1. The van der Waals surface area contributed by atoms with Gasteiger partial charge in [0.1, 0.15) is 18.1 Å². The van der Waals surface area contributed by atoms with Crippen LogP contribution in [0.5, 0.6) is 0 Å². The van der Waals surface area contributed by atoms with Crippen LogP contribution >= 0.6 is 11.6 Å². The average Bonchev–Trinajstić information content (AvgIpc) is 2.64. The van der Waals surface area contributed by atoms with E-state index in [4.69, 9.17) is 11.6 Å². The number of likely N-dealkylation sites (N-methyl/N-ethyl adjacent to an activating group) is 1. The molecule has 7 heteroatoms. The lowest BCUT2D eigenvalue weighted by Gasteiger charge is -2.41. The van der Waals surface area contributed by atoms with Crippen molar-refractivity contribution in [3.05, 3.63) is 23.5 Å². The molecular weight excluding hydrogens is 294 g/mol. The molecule has 0 aliphatic carbocycles. The highest BCUT2D eigenvalue weighted by molar-refractivity contribution is 6.32. The third-order valence-electron chi connectivity index (χ3n) is 4.11. The van der Waals surface area contributed by atoms with Crippen LogP contribution in [0.1, 0.15) is 20.8 Å². The minimum absolute atomic E-state index is 0.0621. The van der Waals surface area contributed by atoms with Crippen LogP contribution in [0.4, 0.5) is 10.5 Å². The smallest absolute Gasteiger partial charge is 0.425 e. The van der Waals surface area contributed by atoms with E-state index in [9.17, 15) is 14.7 Å². The summed E-state index contributed by atoms with van der Waals surface area (Å²) >= 11 is 6.18. The minimum Gasteiger partial charge on any atom is -0.548 e. The average molecular weight is 312 g/mol. The lowest BCUT2D eigenvalue weighted by Crippen LogP contribution is -2.64. The summed E-state index contributed by atoms with van der Waals surface area (Å²) in [6.07, 6.45) is 1.53. The molecule has 114 valence electrons. The molecule has 2 amide bonds. The van der Waals surface area contributed by atoms with E-state index in [1.807, 2.05) is 20.8 Å². The van der Waals surface area contributed by atoms with E-state index in [1.165, 1.54) is 18.1 Å². The number of pyridine rings is 1. The molecule has 0 N–H and O–H groups in total. The number of nitrogens with zero attached hydrogens (tertiary/aromatic N) is 3. The van der Waals surface area contributed by atoms with Crippen LogP contribution < -0.4 is 9.59 Å². The second-order valence-electron chi connectivity index (χ2n) is 6.20. The number of carbonyl (C=O) groups excluding carboxylic acids is 2. The van der Waals surface area contributed by atoms with E-state index in [1.54, 1.807) is 12.1 Å². The van der Waals surface area contributed by atoms with Gasteiger partial charge in [0.15, 0.2) is 10.8 Å². The quantitative estimate of drug-likeness (QED) is 0.604. The number of carboxylic acid groups (broad SMARTS) is 1. The first-order valence-electron chi connectivity index (χ1n) is 6.60. The highest BCUT2D eigenvalue weighted by atomic mass is 35.5. The Bertz CT molecular complexity index is 599. The molecule has 0 saturated carbocycles. The topological polar surface area (TPSA) is 73.3 Å². The number of urea groups is 1. The van der Waals surface area contributed by atoms with E-state index in [0.29, 0.717) is 5.69 Å². The van der Waals surface area contributed by atoms with E-state index in [-0.39, 0.29) is 22.2 Å². The van der Waals surface area contributed by atoms with Gasteiger partial charge in [-0.25, -0.2) is 9.78 Å². The molecule has 0 aromatic carbocycles. The summed E-state index contributed by atoms with van der Waals surface area (Å²) in [7, 11) is 1.47. The Morgan fingerprint density at radius 2 is 2.14 bits per heavy atom. The summed E-state index contributed by atoms with van der Waals surface area (Å²) in [6, 6.07) is 2.08. The molecule has 6 nitrogen and oxygen atoms in total. The highest BCUT2D eigenvalue weighted by Crippen LogP contribution is 2.42. The normalized spacial score (nSPS) is 26.2. The first kappa shape index (κ1) is 15.7. The van der Waals surface area contributed by atoms with Crippen molar-refractivity contribution in [2.24, 2.45) is 0 Å². The number of hydrogen-bond donors (Lipinski definition) is 0. The van der Waals surface area contributed by atoms with E-state index in [0.717, 1.165) is 0 Å². The Labute approximate surface area is 128 Å². The van der Waals surface area contributed by atoms with Crippen molar-refractivity contribution in [2.45, 2.75) is 32.4 Å². The molecule has 2 heterocycles. The van der Waals surface area contributed by atoms with Crippen molar-refractivity contribution in [1.29, 1.82) is 0 Å². The summed E-state index contributed by atoms with van der Waals surface area (Å²) in [6.45, 7) is 5.69. The molecule has 1 aliphatic rings. The third kappa shape index (κ3) is 2.18. The van der Waals surface area contributed by atoms with E-state index >= 15 is 0 Å². The molecular formula is C14H18ClN3O3. The van der Waals surface area contributed by atoms with Crippen molar-refractivity contribution >= 4 is 29.3 Å². The predicted octanol–water partition coefficient (Wildman–Crippen LogP) is 1.02. The van der Waals surface area contributed by atoms with Crippen molar-refractivity contribution in [1.82, 2.24) is 14.4 Å². The van der Waals surface area contributed by atoms with Crippen LogP contribution in [0.15, 0.2) is 18.3 Å². The minimum atomic E-state index is -1.27. The van der Waals surface area contributed by atoms with Crippen molar-refractivity contribution in [3.8, 4) is 0 Å². The maximum Gasteiger partial charge on any atom is 0.425 e. The van der Waals surface area contributed by atoms with Gasteiger partial charge in [-0.3, -0.25) is 4.90 Å². The van der Waals surface area contributed by atoms with Crippen LogP contribution in [0.25, 0.3) is 0 Å². The van der Waals surface area contributed by atoms with Gasteiger partial charge in [-0.05, 0) is 26.8 Å². The number of rotatable bonds is 2. The first-order chi connectivity index (χ1) is 9.63. The molecule has 1 aromatic heterocycles. The number of aliphatic carboxylic acids is 1. The fourth-order valence-electron chi connectivity index (χ4n) is 2.88. The summed E-state index contributed by atoms with van der Waals surface area (Å²) in [5, 5.41) is 11.5. The van der Waals surface area contributed by atoms with Crippen LogP contribution in [0.3, 0.4) is 0 Å². The number of halogens is 1. The Balaban J connectivity index is 2.69. The summed E-state index contributed by atoms with van der Waals surface area (Å²) in [4.78, 5) is 29.4. The monoisotopic (exact) mass is 311 g/mol. The van der Waals surface area contributed by atoms with Gasteiger partial charge in [-0.15, -0.1) is 0 Å². The van der Waals surface area contributed by atoms with Crippen LogP contribution in [-0.4, -0.2) is 47.1 Å². The summed E-state index contributed by atoms with van der Waals surface area (Å²) in [5.74, 6) is -1.27. The maximum atomic E-state index is 12.9. The zero-order valence-corrected chi connectivity index (χ0v) is 13.2. The highest BCUT2D eigenvalue weighted by Gasteiger charge is 2.60. The van der Waals surface area contributed by atoms with Crippen molar-refractivity contribution in [2.75, 3.05) is 13.6 Å². The first-order valence-corrected chi connectivity index (χ1v) is 6.98. The second-order valence-corrected chi connectivity index (χ2v) is 6.56. The van der Waals surface area contributed by atoms with Crippen molar-refractivity contribution in [3.63, 3.8) is 0 Å². The maximum absolute atomic E-state index is 12.9. The Morgan fingerprint density at radius 3 is 2.57 bits per heavy atom. The molecule has 2 rings (SSSR count). The number of amides is 2. The van der Waals surface area contributed by atoms with Crippen LogP contribution in [-0.2, 0) is 4.79 Å². The van der Waals surface area contributed by atoms with Gasteiger partial charge in [0.05, 0.1) is 5.97 Å². The Morgan fingerprint density at radius 1 is 1.52 bits per heavy atom. The van der Waals surface area contributed by atoms with Gasteiger partial charge in [-0.2, -0.15) is 4.48 Å². The van der Waals surface area contributed by atoms with Gasteiger partial charge in [0, 0.05) is 19.3 Å². The number of hydrogen-bond acceptors (Lipinski definition) is 4. The predicted molar refractivity (Wildman–Crippen MR) is 77.6 cm³/mol. The van der Waals surface area contributed by atoms with Gasteiger partial charge in [0.25, 0.3) is 0 Å². The Kier molecular flexibility index (Phi) is 3.71. The summed E-state index contributed by atoms with van der Waals surface area (Å²) in [5.41, 5.74) is -0.0744. The number of quaternary nitrogens is 1. The third-order valence-corrected chi connectivity index (χ3v) is 4.40. The molecule has 1 fully saturated rings. The molecule has 1 aliphatic heterocycles. The van der Waals surface area contributed by atoms with Gasteiger partial charge in [0.2, 0.25) is 0 Å². The van der Waals surface area contributed by atoms with Crippen LogP contribution in [0, 0.1) is 0 Å². The molecule has 2 atom stereocenters. The van der Waals surface area contributed by atoms with Gasteiger partial charge in [-0.1, -0.05) is 11.6 Å². The fourth-order valence-corrected chi connectivity index (χ4v) is 3.14. The standard InChI is InChI=1S/C14H18ClN3O3/c1-14(2,3)18(10-6-5-7-16-11(10)15)8-9(12(19)20)17(4)13(18)21/h5-7,9H,8H2,1-4H3. The Hall–Kier alpha value is -1.66. The lowest BCUT2D eigenvalue weighted by atomic mass is 10.00. The second kappa shape index (κ2) is 4.96. The number of carbonyl (C=O) groups is 2. The zero-order valence-electron chi connectivity index (χ0n) is 12.5. The van der Waals surface area contributed by atoms with Gasteiger partial charge >= 0.3 is 6.03 Å². The van der Waals surface area contributed by atoms with E-state index in [2.05, 4.69) is 4.98 Å². The lowest BCUT2D eigenvalue weighted by molar-refractivity contribution is -0.309. The molecule has 21 heavy (non-hydrogen) atoms. The number of aromatic nitrogens is 1. The molecule has 0 radical (unpaired) electrons. The van der Waals surface area contributed by atoms with Crippen molar-refractivity contribution < 1.29 is 14.7 Å². The SMILES string of the molecule is CN1C(=O)[N+](c2cccnc2Cl)(C(C)(C)C)CC1C(=O)[O-]. The molecule has 0 spiro atoms. The van der Waals surface area contributed by atoms with Gasteiger partial charge < -0.3 is 9.90 Å². The molecule has 0 bridgehead atoms. The van der Waals surface area contributed by atoms with Crippen LogP contribution in [0.2, 0.25) is 5.15 Å².